The number of rotatable bonds is 4. The number of hydrogen-bond donors (Lipinski definition) is 1. The maximum Gasteiger partial charge on any atom is 0.137 e. The summed E-state index contributed by atoms with van der Waals surface area (Å²) < 4.78 is 7.53. The number of nitrogens with two attached hydrogens (primary N) is 1. The van der Waals surface area contributed by atoms with Gasteiger partial charge in [-0.3, -0.25) is 4.90 Å². The smallest absolute Gasteiger partial charge is 0.137 e. The predicted octanol–water partition coefficient (Wildman–Crippen LogP) is 4.99. The van der Waals surface area contributed by atoms with Crippen molar-refractivity contribution in [1.29, 1.82) is 0 Å². The first kappa shape index (κ1) is 19.4. The van der Waals surface area contributed by atoms with E-state index < -0.39 is 0 Å². The highest BCUT2D eigenvalue weighted by Gasteiger charge is 2.49. The molecule has 3 heterocycles. The van der Waals surface area contributed by atoms with Crippen molar-refractivity contribution in [2.45, 2.75) is 52.6 Å². The number of ether oxygens (including phenoxy) is 1. The van der Waals surface area contributed by atoms with Crippen molar-refractivity contribution in [1.82, 2.24) is 14.3 Å². The van der Waals surface area contributed by atoms with E-state index in [2.05, 4.69) is 42.2 Å². The molecule has 2 bridgehead atoms. The van der Waals surface area contributed by atoms with E-state index in [0.29, 0.717) is 16.9 Å². The first-order valence-electron chi connectivity index (χ1n) is 10.9. The Morgan fingerprint density at radius 1 is 1.10 bits per heavy atom. The number of aromatic nitrogens is 2. The monoisotopic (exact) mass is 404 g/mol. The summed E-state index contributed by atoms with van der Waals surface area (Å²) in [6.45, 7) is 9.37. The average molecular weight is 405 g/mol. The summed E-state index contributed by atoms with van der Waals surface area (Å²) in [6.07, 6.45) is 5.88. The number of nitrogen functional groups attached to an aromatic ring is 1. The number of anilines is 1. The van der Waals surface area contributed by atoms with Crippen LogP contribution in [0, 0.1) is 10.8 Å². The molecule has 1 aliphatic carbocycles. The van der Waals surface area contributed by atoms with Crippen LogP contribution in [0.25, 0.3) is 16.9 Å². The molecule has 2 fully saturated rings. The van der Waals surface area contributed by atoms with Crippen molar-refractivity contribution in [3.63, 3.8) is 0 Å². The quantitative estimate of drug-likeness (QED) is 0.665. The number of hydrogen-bond acceptors (Lipinski definition) is 4. The van der Waals surface area contributed by atoms with Crippen LogP contribution in [-0.2, 0) is 6.54 Å². The van der Waals surface area contributed by atoms with Gasteiger partial charge in [-0.15, -0.1) is 0 Å². The van der Waals surface area contributed by atoms with Gasteiger partial charge in [-0.1, -0.05) is 20.8 Å². The second-order valence-corrected chi connectivity index (χ2v) is 10.4. The topological polar surface area (TPSA) is 55.8 Å². The highest BCUT2D eigenvalue weighted by Crippen LogP contribution is 2.53. The van der Waals surface area contributed by atoms with E-state index in [4.69, 9.17) is 15.5 Å². The fourth-order valence-corrected chi connectivity index (χ4v) is 6.19. The van der Waals surface area contributed by atoms with E-state index in [-0.39, 0.29) is 0 Å². The lowest BCUT2D eigenvalue weighted by Crippen LogP contribution is -2.34. The summed E-state index contributed by atoms with van der Waals surface area (Å²) in [7, 11) is 1.70. The molecular weight excluding hydrogens is 372 g/mol. The Balaban J connectivity index is 1.57. The normalized spacial score (nSPS) is 25.7. The average Bonchev–Trinajstić information content (AvgIpc) is 3.15. The predicted molar refractivity (Wildman–Crippen MR) is 122 cm³/mol. The van der Waals surface area contributed by atoms with Crippen molar-refractivity contribution in [3.05, 3.63) is 48.3 Å². The Morgan fingerprint density at radius 3 is 2.60 bits per heavy atom. The highest BCUT2D eigenvalue weighted by molar-refractivity contribution is 5.68. The van der Waals surface area contributed by atoms with Crippen LogP contribution in [0.4, 0.5) is 5.69 Å². The van der Waals surface area contributed by atoms with Gasteiger partial charge < -0.3 is 14.9 Å². The number of imidazole rings is 1. The molecule has 0 amide bonds. The fourth-order valence-electron chi connectivity index (χ4n) is 6.19. The van der Waals surface area contributed by atoms with Crippen LogP contribution in [0.5, 0.6) is 5.75 Å². The molecule has 1 aromatic carbocycles. The van der Waals surface area contributed by atoms with Crippen LogP contribution < -0.4 is 10.5 Å². The molecule has 2 N–H and O–H groups in total. The maximum absolute atomic E-state index is 6.15. The van der Waals surface area contributed by atoms with E-state index in [0.717, 1.165) is 41.4 Å². The van der Waals surface area contributed by atoms with Crippen molar-refractivity contribution in [3.8, 4) is 17.0 Å². The van der Waals surface area contributed by atoms with Crippen LogP contribution in [0.2, 0.25) is 0 Å². The molecule has 3 aromatic rings. The van der Waals surface area contributed by atoms with Crippen LogP contribution in [0.15, 0.2) is 42.6 Å². The zero-order valence-corrected chi connectivity index (χ0v) is 18.5. The largest absolute Gasteiger partial charge is 0.497 e. The van der Waals surface area contributed by atoms with E-state index >= 15 is 0 Å². The highest BCUT2D eigenvalue weighted by atomic mass is 16.5. The number of pyridine rings is 1. The molecule has 2 atom stereocenters. The van der Waals surface area contributed by atoms with Crippen molar-refractivity contribution >= 4 is 11.3 Å². The molecule has 5 rings (SSSR count). The minimum absolute atomic E-state index is 0.409. The van der Waals surface area contributed by atoms with E-state index in [1.54, 1.807) is 7.11 Å². The van der Waals surface area contributed by atoms with Gasteiger partial charge in [-0.05, 0) is 66.5 Å². The number of methoxy groups -OCH3 is 1. The van der Waals surface area contributed by atoms with Crippen molar-refractivity contribution in [2.24, 2.45) is 10.8 Å². The summed E-state index contributed by atoms with van der Waals surface area (Å²) in [5.41, 5.74) is 12.0. The van der Waals surface area contributed by atoms with E-state index in [1.807, 2.05) is 30.5 Å². The van der Waals surface area contributed by atoms with Gasteiger partial charge in [-0.25, -0.2) is 4.98 Å². The third-order valence-corrected chi connectivity index (χ3v) is 6.98. The maximum atomic E-state index is 6.15. The standard InChI is InChI=1S/C25H32N4O/c1-24(2)11-19-12-25(3,15-24)16-28(19)14-21-23(17-5-8-20(30-4)9-6-17)27-22-10-7-18(26)13-29(21)22/h5-10,13,19H,11-12,14-16,26H2,1-4H3. The molecule has 2 aliphatic rings. The first-order valence-corrected chi connectivity index (χ1v) is 10.9. The first-order chi connectivity index (χ1) is 14.3. The summed E-state index contributed by atoms with van der Waals surface area (Å²) in [6, 6.07) is 12.8. The molecule has 1 saturated carbocycles. The van der Waals surface area contributed by atoms with Gasteiger partial charge in [0.2, 0.25) is 0 Å². The van der Waals surface area contributed by atoms with Crippen molar-refractivity contribution < 1.29 is 4.74 Å². The van der Waals surface area contributed by atoms with Crippen LogP contribution in [0.3, 0.4) is 0 Å². The number of fused-ring (bicyclic) bond motifs is 3. The summed E-state index contributed by atoms with van der Waals surface area (Å²) in [4.78, 5) is 7.68. The van der Waals surface area contributed by atoms with Gasteiger partial charge in [0, 0.05) is 36.6 Å². The fraction of sp³-hybridized carbons (Fsp3) is 0.480. The molecule has 1 aliphatic heterocycles. The molecule has 158 valence electrons. The van der Waals surface area contributed by atoms with Gasteiger partial charge in [-0.2, -0.15) is 0 Å². The third-order valence-electron chi connectivity index (χ3n) is 6.98. The van der Waals surface area contributed by atoms with E-state index in [9.17, 15) is 0 Å². The molecule has 2 unspecified atom stereocenters. The molecule has 1 saturated heterocycles. The molecular formula is C25H32N4O. The number of nitrogens with zero attached hydrogens (tertiary/aromatic N) is 3. The van der Waals surface area contributed by atoms with Gasteiger partial charge in [0.05, 0.1) is 18.5 Å². The van der Waals surface area contributed by atoms with Gasteiger partial charge in [0.15, 0.2) is 0 Å². The molecule has 5 nitrogen and oxygen atoms in total. The number of likely N-dealkylation sites (tertiary alicyclic amines) is 1. The zero-order valence-electron chi connectivity index (χ0n) is 18.5. The Kier molecular flexibility index (Phi) is 4.37. The SMILES string of the molecule is COc1ccc(-c2nc3ccc(N)cn3c2CN2CC3(C)CC2CC(C)(C)C3)cc1. The molecule has 2 aromatic heterocycles. The Hall–Kier alpha value is -2.53. The Labute approximate surface area is 178 Å². The Bertz CT molecular complexity index is 1080. The molecule has 0 radical (unpaired) electrons. The van der Waals surface area contributed by atoms with Gasteiger partial charge in [0.25, 0.3) is 0 Å². The van der Waals surface area contributed by atoms with E-state index in [1.165, 1.54) is 25.0 Å². The number of benzene rings is 1. The minimum atomic E-state index is 0.409. The van der Waals surface area contributed by atoms with Gasteiger partial charge in [0.1, 0.15) is 11.4 Å². The lowest BCUT2D eigenvalue weighted by molar-refractivity contribution is 0.126. The zero-order chi connectivity index (χ0) is 21.1. The molecule has 30 heavy (non-hydrogen) atoms. The van der Waals surface area contributed by atoms with Gasteiger partial charge >= 0.3 is 0 Å². The molecule has 5 heteroatoms. The lowest BCUT2D eigenvalue weighted by atomic mass is 9.65. The Morgan fingerprint density at radius 2 is 1.87 bits per heavy atom. The van der Waals surface area contributed by atoms with Crippen LogP contribution in [0.1, 0.15) is 45.7 Å². The van der Waals surface area contributed by atoms with Crippen LogP contribution in [-0.4, -0.2) is 34.0 Å². The second-order valence-electron chi connectivity index (χ2n) is 10.4. The van der Waals surface area contributed by atoms with Crippen molar-refractivity contribution in [2.75, 3.05) is 19.4 Å². The minimum Gasteiger partial charge on any atom is -0.497 e. The summed E-state index contributed by atoms with van der Waals surface area (Å²) >= 11 is 0. The molecule has 0 spiro atoms. The second kappa shape index (κ2) is 6.74. The summed E-state index contributed by atoms with van der Waals surface area (Å²) in [5.74, 6) is 0.858. The summed E-state index contributed by atoms with van der Waals surface area (Å²) in [5, 5.41) is 0. The van der Waals surface area contributed by atoms with Crippen LogP contribution >= 0.6 is 0 Å². The third kappa shape index (κ3) is 3.35. The lowest BCUT2D eigenvalue weighted by Gasteiger charge is -2.40.